The summed E-state index contributed by atoms with van der Waals surface area (Å²) in [6.07, 6.45) is 0. The van der Waals surface area contributed by atoms with E-state index in [0.717, 1.165) is 0 Å². The van der Waals surface area contributed by atoms with E-state index in [0.29, 0.717) is 13.1 Å². The zero-order chi connectivity index (χ0) is 13.7. The number of carboxylic acid groups (broad SMARTS) is 1. The molecular formula is C14H22N2O2. The number of likely N-dealkylation sites (N-methyl/N-ethyl adjacent to an activating group) is 1. The van der Waals surface area contributed by atoms with Crippen molar-refractivity contribution >= 4 is 5.97 Å². The molecular weight excluding hydrogens is 228 g/mol. The SMILES string of the molecule is CNC(CNCc1ccc(C)c(C)c1C)C(=O)O. The van der Waals surface area contributed by atoms with Crippen LogP contribution >= 0.6 is 0 Å². The summed E-state index contributed by atoms with van der Waals surface area (Å²) in [5.74, 6) is -0.832. The standard InChI is InChI=1S/C14H22N2O2/c1-9-5-6-12(11(3)10(9)2)7-16-8-13(15-4)14(17)18/h5-6,13,15-16H,7-8H2,1-4H3,(H,17,18). The molecule has 4 heteroatoms. The first-order chi connectivity index (χ1) is 8.47. The van der Waals surface area contributed by atoms with Crippen molar-refractivity contribution < 1.29 is 9.90 Å². The van der Waals surface area contributed by atoms with Crippen LogP contribution in [0.15, 0.2) is 12.1 Å². The predicted molar refractivity (Wildman–Crippen MR) is 72.8 cm³/mol. The van der Waals surface area contributed by atoms with Crippen molar-refractivity contribution in [2.45, 2.75) is 33.4 Å². The van der Waals surface area contributed by atoms with Crippen LogP contribution in [0.25, 0.3) is 0 Å². The number of hydrogen-bond acceptors (Lipinski definition) is 3. The molecule has 0 heterocycles. The molecule has 0 aliphatic rings. The van der Waals surface area contributed by atoms with Gasteiger partial charge in [-0.05, 0) is 50.1 Å². The molecule has 0 radical (unpaired) electrons. The topological polar surface area (TPSA) is 61.4 Å². The number of benzene rings is 1. The molecule has 3 N–H and O–H groups in total. The summed E-state index contributed by atoms with van der Waals surface area (Å²) >= 11 is 0. The van der Waals surface area contributed by atoms with Crippen LogP contribution in [-0.4, -0.2) is 30.7 Å². The maximum absolute atomic E-state index is 10.8. The number of rotatable bonds is 6. The molecule has 0 aliphatic carbocycles. The minimum atomic E-state index is -0.832. The molecule has 0 saturated heterocycles. The van der Waals surface area contributed by atoms with E-state index in [9.17, 15) is 4.79 Å². The fraction of sp³-hybridized carbons (Fsp3) is 0.500. The summed E-state index contributed by atoms with van der Waals surface area (Å²) in [7, 11) is 1.65. The first-order valence-corrected chi connectivity index (χ1v) is 6.13. The lowest BCUT2D eigenvalue weighted by Gasteiger charge is -2.15. The third kappa shape index (κ3) is 3.55. The van der Waals surface area contributed by atoms with Gasteiger partial charge in [-0.3, -0.25) is 4.79 Å². The number of carboxylic acids is 1. The molecule has 0 spiro atoms. The third-order valence-electron chi connectivity index (χ3n) is 3.48. The van der Waals surface area contributed by atoms with E-state index >= 15 is 0 Å². The van der Waals surface area contributed by atoms with E-state index in [1.165, 1.54) is 22.3 Å². The average molecular weight is 250 g/mol. The molecule has 0 fully saturated rings. The molecule has 1 aromatic carbocycles. The number of aryl methyl sites for hydroxylation is 1. The van der Waals surface area contributed by atoms with Crippen LogP contribution in [0, 0.1) is 20.8 Å². The molecule has 0 bridgehead atoms. The van der Waals surface area contributed by atoms with E-state index in [1.807, 2.05) is 0 Å². The van der Waals surface area contributed by atoms with Gasteiger partial charge < -0.3 is 15.7 Å². The van der Waals surface area contributed by atoms with Gasteiger partial charge in [-0.2, -0.15) is 0 Å². The molecule has 0 aliphatic heterocycles. The van der Waals surface area contributed by atoms with Crippen LogP contribution in [0.3, 0.4) is 0 Å². The Kier molecular flexibility index (Phi) is 5.31. The molecule has 1 aromatic rings. The Labute approximate surface area is 108 Å². The molecule has 1 rings (SSSR count). The van der Waals surface area contributed by atoms with E-state index in [-0.39, 0.29) is 0 Å². The highest BCUT2D eigenvalue weighted by molar-refractivity contribution is 5.73. The third-order valence-corrected chi connectivity index (χ3v) is 3.48. The van der Waals surface area contributed by atoms with Gasteiger partial charge in [-0.1, -0.05) is 12.1 Å². The second-order valence-corrected chi connectivity index (χ2v) is 4.60. The lowest BCUT2D eigenvalue weighted by atomic mass is 9.99. The van der Waals surface area contributed by atoms with E-state index < -0.39 is 12.0 Å². The lowest BCUT2D eigenvalue weighted by molar-refractivity contribution is -0.139. The smallest absolute Gasteiger partial charge is 0.322 e. The molecule has 0 amide bonds. The van der Waals surface area contributed by atoms with Crippen molar-refractivity contribution in [1.82, 2.24) is 10.6 Å². The van der Waals surface area contributed by atoms with Gasteiger partial charge in [0.15, 0.2) is 0 Å². The molecule has 18 heavy (non-hydrogen) atoms. The minimum Gasteiger partial charge on any atom is -0.480 e. The maximum Gasteiger partial charge on any atom is 0.322 e. The van der Waals surface area contributed by atoms with Gasteiger partial charge >= 0.3 is 5.97 Å². The van der Waals surface area contributed by atoms with Crippen LogP contribution < -0.4 is 10.6 Å². The van der Waals surface area contributed by atoms with Gasteiger partial charge in [0.25, 0.3) is 0 Å². The Morgan fingerprint density at radius 3 is 2.50 bits per heavy atom. The number of nitrogens with one attached hydrogen (secondary N) is 2. The normalized spacial score (nSPS) is 12.4. The monoisotopic (exact) mass is 250 g/mol. The number of carbonyl (C=O) groups is 1. The van der Waals surface area contributed by atoms with Crippen molar-refractivity contribution in [3.63, 3.8) is 0 Å². The van der Waals surface area contributed by atoms with Crippen molar-refractivity contribution in [2.75, 3.05) is 13.6 Å². The first kappa shape index (κ1) is 14.7. The van der Waals surface area contributed by atoms with Crippen molar-refractivity contribution in [3.8, 4) is 0 Å². The molecule has 4 nitrogen and oxygen atoms in total. The molecule has 100 valence electrons. The van der Waals surface area contributed by atoms with Gasteiger partial charge in [0.1, 0.15) is 6.04 Å². The van der Waals surface area contributed by atoms with Crippen LogP contribution in [0.2, 0.25) is 0 Å². The predicted octanol–water partition coefficient (Wildman–Crippen LogP) is 1.37. The number of aliphatic carboxylic acids is 1. The van der Waals surface area contributed by atoms with Crippen LogP contribution in [0.1, 0.15) is 22.3 Å². The highest BCUT2D eigenvalue weighted by atomic mass is 16.4. The molecule has 1 unspecified atom stereocenters. The van der Waals surface area contributed by atoms with E-state index in [4.69, 9.17) is 5.11 Å². The largest absolute Gasteiger partial charge is 0.480 e. The van der Waals surface area contributed by atoms with E-state index in [1.54, 1.807) is 7.05 Å². The maximum atomic E-state index is 10.8. The molecule has 0 saturated carbocycles. The molecule has 1 atom stereocenters. The van der Waals surface area contributed by atoms with Gasteiger partial charge in [0.2, 0.25) is 0 Å². The Hall–Kier alpha value is -1.39. The van der Waals surface area contributed by atoms with Crippen LogP contribution in [0.4, 0.5) is 0 Å². The quantitative estimate of drug-likeness (QED) is 0.713. The zero-order valence-electron chi connectivity index (χ0n) is 11.5. The van der Waals surface area contributed by atoms with Gasteiger partial charge in [0, 0.05) is 13.1 Å². The highest BCUT2D eigenvalue weighted by Gasteiger charge is 2.13. The van der Waals surface area contributed by atoms with Crippen LogP contribution in [-0.2, 0) is 11.3 Å². The van der Waals surface area contributed by atoms with Gasteiger partial charge in [-0.25, -0.2) is 0 Å². The summed E-state index contributed by atoms with van der Waals surface area (Å²) in [5.41, 5.74) is 5.09. The Morgan fingerprint density at radius 1 is 1.28 bits per heavy atom. The highest BCUT2D eigenvalue weighted by Crippen LogP contribution is 2.16. The van der Waals surface area contributed by atoms with E-state index in [2.05, 4.69) is 43.5 Å². The Morgan fingerprint density at radius 2 is 1.94 bits per heavy atom. The summed E-state index contributed by atoms with van der Waals surface area (Å²) in [6, 6.07) is 3.66. The molecule has 0 aromatic heterocycles. The zero-order valence-corrected chi connectivity index (χ0v) is 11.5. The summed E-state index contributed by atoms with van der Waals surface area (Å²) in [4.78, 5) is 10.8. The van der Waals surface area contributed by atoms with Gasteiger partial charge in [-0.15, -0.1) is 0 Å². The fourth-order valence-electron chi connectivity index (χ4n) is 1.87. The average Bonchev–Trinajstić information content (AvgIpc) is 2.33. The van der Waals surface area contributed by atoms with Crippen LogP contribution in [0.5, 0.6) is 0 Å². The minimum absolute atomic E-state index is 0.415. The Balaban J connectivity index is 2.59. The number of hydrogen-bond donors (Lipinski definition) is 3. The fourth-order valence-corrected chi connectivity index (χ4v) is 1.87. The second-order valence-electron chi connectivity index (χ2n) is 4.60. The second kappa shape index (κ2) is 6.52. The van der Waals surface area contributed by atoms with Crippen molar-refractivity contribution in [2.24, 2.45) is 0 Å². The summed E-state index contributed by atoms with van der Waals surface area (Å²) < 4.78 is 0. The Bertz CT molecular complexity index is 430. The lowest BCUT2D eigenvalue weighted by Crippen LogP contribution is -2.42. The first-order valence-electron chi connectivity index (χ1n) is 6.13. The summed E-state index contributed by atoms with van der Waals surface area (Å²) in [6.45, 7) is 7.42. The van der Waals surface area contributed by atoms with Crippen molar-refractivity contribution in [1.29, 1.82) is 0 Å². The van der Waals surface area contributed by atoms with Crippen molar-refractivity contribution in [3.05, 3.63) is 34.4 Å². The summed E-state index contributed by atoms with van der Waals surface area (Å²) in [5, 5.41) is 14.8. The van der Waals surface area contributed by atoms with Gasteiger partial charge in [0.05, 0.1) is 0 Å².